The fourth-order valence-corrected chi connectivity index (χ4v) is 2.64. The molecule has 1 atom stereocenters. The zero-order chi connectivity index (χ0) is 16.7. The quantitative estimate of drug-likeness (QED) is 0.740. The highest BCUT2D eigenvalue weighted by atomic mass is 16.5. The Labute approximate surface area is 137 Å². The summed E-state index contributed by atoms with van der Waals surface area (Å²) >= 11 is 0. The molecular weight excluding hydrogens is 292 g/mol. The summed E-state index contributed by atoms with van der Waals surface area (Å²) < 4.78 is 11.0. The number of ether oxygens (including phenoxy) is 1. The van der Waals surface area contributed by atoms with Crippen LogP contribution in [0.15, 0.2) is 28.7 Å². The van der Waals surface area contributed by atoms with Crippen molar-refractivity contribution in [2.24, 2.45) is 0 Å². The molecule has 0 aliphatic rings. The van der Waals surface area contributed by atoms with Gasteiger partial charge in [-0.25, -0.2) is 0 Å². The number of nitrogens with one attached hydrogen (secondary N) is 2. The Morgan fingerprint density at radius 3 is 2.74 bits per heavy atom. The third kappa shape index (κ3) is 4.22. The van der Waals surface area contributed by atoms with Crippen molar-refractivity contribution in [3.8, 4) is 5.75 Å². The van der Waals surface area contributed by atoms with Crippen LogP contribution >= 0.6 is 0 Å². The number of benzene rings is 1. The number of anilines is 1. The van der Waals surface area contributed by atoms with Gasteiger partial charge < -0.3 is 19.8 Å². The van der Waals surface area contributed by atoms with Crippen molar-refractivity contribution in [1.82, 2.24) is 15.5 Å². The lowest BCUT2D eigenvalue weighted by Crippen LogP contribution is -2.25. The average molecular weight is 318 g/mol. The second kappa shape index (κ2) is 7.97. The Morgan fingerprint density at radius 1 is 1.26 bits per heavy atom. The minimum atomic E-state index is 0.0213. The third-order valence-electron chi connectivity index (χ3n) is 4.29. The van der Waals surface area contributed by atoms with Gasteiger partial charge in [-0.15, -0.1) is 5.10 Å². The maximum absolute atomic E-state index is 5.52. The Bertz CT molecular complexity index is 614. The van der Waals surface area contributed by atoms with E-state index in [0.29, 0.717) is 18.5 Å². The van der Waals surface area contributed by atoms with E-state index in [1.807, 2.05) is 19.2 Å². The number of para-hydroxylation sites is 1. The Hall–Kier alpha value is -2.08. The van der Waals surface area contributed by atoms with Gasteiger partial charge in [0.15, 0.2) is 0 Å². The van der Waals surface area contributed by atoms with Crippen LogP contribution in [0.2, 0.25) is 0 Å². The maximum Gasteiger partial charge on any atom is 0.315 e. The Morgan fingerprint density at radius 2 is 2.04 bits per heavy atom. The molecule has 0 aliphatic carbocycles. The first-order valence-corrected chi connectivity index (χ1v) is 7.97. The molecule has 2 rings (SSSR count). The summed E-state index contributed by atoms with van der Waals surface area (Å²) in [7, 11) is 3.56. The lowest BCUT2D eigenvalue weighted by atomic mass is 9.77. The normalized spacial score (nSPS) is 13.6. The van der Waals surface area contributed by atoms with E-state index in [1.54, 1.807) is 7.11 Å². The summed E-state index contributed by atoms with van der Waals surface area (Å²) in [6, 6.07) is 8.67. The van der Waals surface area contributed by atoms with Crippen LogP contribution in [-0.2, 0) is 12.0 Å². The fraction of sp³-hybridized carbons (Fsp3) is 0.529. The molecule has 0 spiro atoms. The van der Waals surface area contributed by atoms with Gasteiger partial charge in [-0.05, 0) is 31.4 Å². The molecule has 0 saturated heterocycles. The predicted octanol–water partition coefficient (Wildman–Crippen LogP) is 2.97. The molecule has 126 valence electrons. The van der Waals surface area contributed by atoms with Crippen molar-refractivity contribution in [2.75, 3.05) is 26.0 Å². The van der Waals surface area contributed by atoms with Crippen molar-refractivity contribution >= 4 is 6.01 Å². The summed E-state index contributed by atoms with van der Waals surface area (Å²) in [6.45, 7) is 5.78. The summed E-state index contributed by atoms with van der Waals surface area (Å²) in [5, 5.41) is 14.2. The highest BCUT2D eigenvalue weighted by molar-refractivity contribution is 5.39. The summed E-state index contributed by atoms with van der Waals surface area (Å²) in [6.07, 6.45) is 1.96. The average Bonchev–Trinajstić information content (AvgIpc) is 3.02. The molecule has 0 radical (unpaired) electrons. The predicted molar refractivity (Wildman–Crippen MR) is 90.8 cm³/mol. The van der Waals surface area contributed by atoms with Crippen LogP contribution < -0.4 is 15.4 Å². The van der Waals surface area contributed by atoms with E-state index in [4.69, 9.17) is 9.15 Å². The second-order valence-electron chi connectivity index (χ2n) is 5.82. The molecule has 1 heterocycles. The van der Waals surface area contributed by atoms with Gasteiger partial charge in [0.05, 0.1) is 13.7 Å². The molecule has 1 unspecified atom stereocenters. The number of nitrogens with zero attached hydrogens (tertiary/aromatic N) is 2. The summed E-state index contributed by atoms with van der Waals surface area (Å²) in [5.41, 5.74) is 1.25. The molecule has 2 N–H and O–H groups in total. The van der Waals surface area contributed by atoms with Crippen molar-refractivity contribution in [3.63, 3.8) is 0 Å². The largest absolute Gasteiger partial charge is 0.496 e. The van der Waals surface area contributed by atoms with Gasteiger partial charge in [-0.1, -0.05) is 37.1 Å². The first kappa shape index (κ1) is 17.3. The van der Waals surface area contributed by atoms with E-state index in [-0.39, 0.29) is 5.41 Å². The molecule has 0 aliphatic heterocycles. The molecule has 2 aromatic rings. The lowest BCUT2D eigenvalue weighted by Gasteiger charge is -2.30. The molecule has 0 fully saturated rings. The number of methoxy groups -OCH3 is 1. The van der Waals surface area contributed by atoms with Crippen molar-refractivity contribution in [3.05, 3.63) is 35.7 Å². The first-order chi connectivity index (χ1) is 11.1. The van der Waals surface area contributed by atoms with Crippen LogP contribution in [0.4, 0.5) is 6.01 Å². The van der Waals surface area contributed by atoms with Crippen molar-refractivity contribution < 1.29 is 9.15 Å². The maximum atomic E-state index is 5.52. The molecule has 1 aromatic heterocycles. The molecule has 1 aromatic carbocycles. The van der Waals surface area contributed by atoms with E-state index in [0.717, 1.165) is 25.1 Å². The van der Waals surface area contributed by atoms with Gasteiger partial charge in [0.1, 0.15) is 5.75 Å². The van der Waals surface area contributed by atoms with E-state index in [2.05, 4.69) is 46.8 Å². The molecule has 0 saturated carbocycles. The monoisotopic (exact) mass is 318 g/mol. The van der Waals surface area contributed by atoms with E-state index >= 15 is 0 Å². The zero-order valence-corrected chi connectivity index (χ0v) is 14.3. The van der Waals surface area contributed by atoms with E-state index in [9.17, 15) is 0 Å². The first-order valence-electron chi connectivity index (χ1n) is 7.97. The van der Waals surface area contributed by atoms with Crippen LogP contribution in [0.3, 0.4) is 0 Å². The molecular formula is C17H26N4O2. The minimum absolute atomic E-state index is 0.0213. The summed E-state index contributed by atoms with van der Waals surface area (Å²) in [4.78, 5) is 0. The van der Waals surface area contributed by atoms with Gasteiger partial charge in [-0.3, -0.25) is 0 Å². The standard InChI is InChI=1S/C17H26N4O2/c1-5-17(2,13-8-6-7-9-14(13)22-4)10-11-19-16-21-20-15(23-16)12-18-3/h6-9,18H,5,10-12H2,1-4H3,(H,19,21). The van der Waals surface area contributed by atoms with Gasteiger partial charge in [0.25, 0.3) is 0 Å². The van der Waals surface area contributed by atoms with Crippen molar-refractivity contribution in [2.45, 2.75) is 38.6 Å². The van der Waals surface area contributed by atoms with Gasteiger partial charge in [-0.2, -0.15) is 0 Å². The Kier molecular flexibility index (Phi) is 5.98. The smallest absolute Gasteiger partial charge is 0.315 e. The lowest BCUT2D eigenvalue weighted by molar-refractivity contribution is 0.370. The number of rotatable bonds is 9. The van der Waals surface area contributed by atoms with E-state index < -0.39 is 0 Å². The summed E-state index contributed by atoms with van der Waals surface area (Å²) in [5.74, 6) is 1.52. The van der Waals surface area contributed by atoms with Gasteiger partial charge in [0, 0.05) is 12.1 Å². The highest BCUT2D eigenvalue weighted by Gasteiger charge is 2.27. The van der Waals surface area contributed by atoms with E-state index in [1.165, 1.54) is 5.56 Å². The highest BCUT2D eigenvalue weighted by Crippen LogP contribution is 2.37. The van der Waals surface area contributed by atoms with Gasteiger partial charge >= 0.3 is 6.01 Å². The molecule has 6 nitrogen and oxygen atoms in total. The van der Waals surface area contributed by atoms with Crippen LogP contribution in [0, 0.1) is 0 Å². The van der Waals surface area contributed by atoms with Crippen LogP contribution in [0.25, 0.3) is 0 Å². The number of hydrogen-bond acceptors (Lipinski definition) is 6. The molecule has 23 heavy (non-hydrogen) atoms. The minimum Gasteiger partial charge on any atom is -0.496 e. The number of aromatic nitrogens is 2. The second-order valence-corrected chi connectivity index (χ2v) is 5.82. The molecule has 6 heteroatoms. The zero-order valence-electron chi connectivity index (χ0n) is 14.3. The van der Waals surface area contributed by atoms with Crippen LogP contribution in [0.1, 0.15) is 38.1 Å². The van der Waals surface area contributed by atoms with Crippen LogP contribution in [-0.4, -0.2) is 30.9 Å². The Balaban J connectivity index is 2.00. The van der Waals surface area contributed by atoms with Crippen LogP contribution in [0.5, 0.6) is 5.75 Å². The SMILES string of the molecule is CCC(C)(CCNc1nnc(CNC)o1)c1ccccc1OC. The third-order valence-corrected chi connectivity index (χ3v) is 4.29. The van der Waals surface area contributed by atoms with Crippen molar-refractivity contribution in [1.29, 1.82) is 0 Å². The van der Waals surface area contributed by atoms with Gasteiger partial charge in [0.2, 0.25) is 5.89 Å². The number of hydrogen-bond donors (Lipinski definition) is 2. The topological polar surface area (TPSA) is 72.2 Å². The molecule has 0 amide bonds. The molecule has 0 bridgehead atoms. The fourth-order valence-electron chi connectivity index (χ4n) is 2.64.